The van der Waals surface area contributed by atoms with Crippen molar-refractivity contribution in [3.05, 3.63) is 164 Å². The van der Waals surface area contributed by atoms with Crippen LogP contribution in [0.2, 0.25) is 0 Å². The molecule has 0 fully saturated rings. The average molecular weight is 642 g/mol. The molecule has 0 spiro atoms. The summed E-state index contributed by atoms with van der Waals surface area (Å²) in [4.78, 5) is 15.3. The fourth-order valence-corrected chi connectivity index (χ4v) is 6.92. The highest BCUT2D eigenvalue weighted by Gasteiger charge is 2.21. The van der Waals surface area contributed by atoms with E-state index in [0.717, 1.165) is 82.8 Å². The SMILES string of the molecule is c1ccc(-c2ccc(-c3nc(-c4ccc5c(c4)oc4ccccc45)nc(-c4ccc(-c5ccccc5)c5c4oc4ccccc45)n3)cc2)cc1. The minimum absolute atomic E-state index is 0.533. The second kappa shape index (κ2) is 11.4. The summed E-state index contributed by atoms with van der Waals surface area (Å²) in [5.74, 6) is 1.66. The second-order valence-electron chi connectivity index (χ2n) is 12.4. The summed E-state index contributed by atoms with van der Waals surface area (Å²) < 4.78 is 12.9. The molecule has 0 aliphatic heterocycles. The van der Waals surface area contributed by atoms with Crippen LogP contribution in [0, 0.1) is 0 Å². The third kappa shape index (κ3) is 4.67. The number of rotatable bonds is 5. The van der Waals surface area contributed by atoms with Gasteiger partial charge in [0, 0.05) is 32.7 Å². The van der Waals surface area contributed by atoms with Crippen molar-refractivity contribution in [2.24, 2.45) is 0 Å². The molecule has 0 radical (unpaired) electrons. The van der Waals surface area contributed by atoms with E-state index in [1.807, 2.05) is 54.6 Å². The van der Waals surface area contributed by atoms with Gasteiger partial charge >= 0.3 is 0 Å². The summed E-state index contributed by atoms with van der Waals surface area (Å²) in [6, 6.07) is 55.7. The van der Waals surface area contributed by atoms with Gasteiger partial charge in [-0.3, -0.25) is 0 Å². The van der Waals surface area contributed by atoms with Crippen molar-refractivity contribution >= 4 is 43.9 Å². The van der Waals surface area contributed by atoms with Gasteiger partial charge in [0.1, 0.15) is 22.3 Å². The van der Waals surface area contributed by atoms with Crippen LogP contribution >= 0.6 is 0 Å². The molecule has 0 atom stereocenters. The molecule has 0 unspecified atom stereocenters. The Morgan fingerprint density at radius 3 is 1.60 bits per heavy atom. The zero-order valence-electron chi connectivity index (χ0n) is 26.7. The van der Waals surface area contributed by atoms with Gasteiger partial charge in [0.15, 0.2) is 17.5 Å². The van der Waals surface area contributed by atoms with Gasteiger partial charge in [-0.1, -0.05) is 133 Å². The van der Waals surface area contributed by atoms with Crippen LogP contribution in [0.5, 0.6) is 0 Å². The molecule has 50 heavy (non-hydrogen) atoms. The lowest BCUT2D eigenvalue weighted by atomic mass is 9.97. The Morgan fingerprint density at radius 1 is 0.320 bits per heavy atom. The Balaban J connectivity index is 1.19. The molecule has 3 aromatic heterocycles. The molecule has 7 aromatic carbocycles. The third-order valence-electron chi connectivity index (χ3n) is 9.37. The number of furan rings is 2. The van der Waals surface area contributed by atoms with Crippen LogP contribution in [0.15, 0.2) is 173 Å². The Kier molecular flexibility index (Phi) is 6.42. The van der Waals surface area contributed by atoms with E-state index in [2.05, 4.69) is 109 Å². The fourth-order valence-electron chi connectivity index (χ4n) is 6.92. The Bertz CT molecular complexity index is 2850. The number of aromatic nitrogens is 3. The largest absolute Gasteiger partial charge is 0.456 e. The van der Waals surface area contributed by atoms with Gasteiger partial charge in [0.25, 0.3) is 0 Å². The second-order valence-corrected chi connectivity index (χ2v) is 12.4. The highest BCUT2D eigenvalue weighted by Crippen LogP contribution is 2.42. The Morgan fingerprint density at radius 2 is 0.840 bits per heavy atom. The van der Waals surface area contributed by atoms with Crippen LogP contribution in [0.3, 0.4) is 0 Å². The quantitative estimate of drug-likeness (QED) is 0.187. The molecule has 0 saturated carbocycles. The van der Waals surface area contributed by atoms with E-state index >= 15 is 0 Å². The van der Waals surface area contributed by atoms with Gasteiger partial charge in [-0.25, -0.2) is 15.0 Å². The van der Waals surface area contributed by atoms with Crippen molar-refractivity contribution in [3.8, 4) is 56.4 Å². The molecule has 5 nitrogen and oxygen atoms in total. The zero-order valence-corrected chi connectivity index (χ0v) is 26.7. The van der Waals surface area contributed by atoms with Crippen molar-refractivity contribution in [1.82, 2.24) is 15.0 Å². The Hall–Kier alpha value is -6.85. The van der Waals surface area contributed by atoms with E-state index in [0.29, 0.717) is 17.5 Å². The first kappa shape index (κ1) is 28.2. The summed E-state index contributed by atoms with van der Waals surface area (Å²) in [5, 5.41) is 4.21. The molecule has 0 amide bonds. The maximum Gasteiger partial charge on any atom is 0.167 e. The summed E-state index contributed by atoms with van der Waals surface area (Å²) in [7, 11) is 0. The maximum atomic E-state index is 6.63. The number of para-hydroxylation sites is 2. The van der Waals surface area contributed by atoms with Gasteiger partial charge < -0.3 is 8.83 Å². The predicted octanol–water partition coefficient (Wildman–Crippen LogP) is 12.0. The van der Waals surface area contributed by atoms with Crippen LogP contribution < -0.4 is 0 Å². The van der Waals surface area contributed by atoms with Crippen molar-refractivity contribution in [3.63, 3.8) is 0 Å². The first-order chi connectivity index (χ1) is 24.8. The van der Waals surface area contributed by atoms with E-state index in [4.69, 9.17) is 23.8 Å². The first-order valence-corrected chi connectivity index (χ1v) is 16.6. The van der Waals surface area contributed by atoms with Gasteiger partial charge in [-0.05, 0) is 52.6 Å². The van der Waals surface area contributed by atoms with Crippen LogP contribution in [-0.4, -0.2) is 15.0 Å². The molecular formula is C45H27N3O2. The van der Waals surface area contributed by atoms with Gasteiger partial charge in [-0.2, -0.15) is 0 Å². The van der Waals surface area contributed by atoms with E-state index in [-0.39, 0.29) is 0 Å². The van der Waals surface area contributed by atoms with Gasteiger partial charge in [0.2, 0.25) is 0 Å². The standard InChI is InChI=1S/C45H27N3O2/c1-3-11-28(12-4-1)29-19-21-31(22-20-29)43-46-44(32-23-24-35-34-15-7-9-17-38(34)49-40(35)27-32)48-45(47-43)37-26-25-33(30-13-5-2-6-14-30)41-36-16-8-10-18-39(36)50-42(37)41/h1-27H. The molecule has 5 heteroatoms. The predicted molar refractivity (Wildman–Crippen MR) is 202 cm³/mol. The maximum absolute atomic E-state index is 6.63. The van der Waals surface area contributed by atoms with Crippen molar-refractivity contribution in [2.45, 2.75) is 0 Å². The normalized spacial score (nSPS) is 11.6. The summed E-state index contributed by atoms with van der Waals surface area (Å²) in [5.41, 5.74) is 10.2. The van der Waals surface area contributed by atoms with E-state index in [1.165, 1.54) is 0 Å². The molecule has 0 aliphatic rings. The molecule has 10 rings (SSSR count). The molecular weight excluding hydrogens is 615 g/mol. The minimum Gasteiger partial charge on any atom is -0.456 e. The number of benzene rings is 7. The molecule has 0 saturated heterocycles. The van der Waals surface area contributed by atoms with Crippen LogP contribution in [-0.2, 0) is 0 Å². The molecule has 0 bridgehead atoms. The summed E-state index contributed by atoms with van der Waals surface area (Å²) in [6.45, 7) is 0. The van der Waals surface area contributed by atoms with Crippen LogP contribution in [0.1, 0.15) is 0 Å². The van der Waals surface area contributed by atoms with Crippen molar-refractivity contribution in [2.75, 3.05) is 0 Å². The molecule has 234 valence electrons. The van der Waals surface area contributed by atoms with Crippen LogP contribution in [0.4, 0.5) is 0 Å². The Labute approximate surface area is 287 Å². The fraction of sp³-hybridized carbons (Fsp3) is 0. The molecule has 10 aromatic rings. The number of hydrogen-bond donors (Lipinski definition) is 0. The van der Waals surface area contributed by atoms with Crippen LogP contribution in [0.25, 0.3) is 100 Å². The van der Waals surface area contributed by atoms with E-state index < -0.39 is 0 Å². The third-order valence-corrected chi connectivity index (χ3v) is 9.37. The first-order valence-electron chi connectivity index (χ1n) is 16.6. The summed E-state index contributed by atoms with van der Waals surface area (Å²) in [6.07, 6.45) is 0. The summed E-state index contributed by atoms with van der Waals surface area (Å²) >= 11 is 0. The van der Waals surface area contributed by atoms with E-state index in [1.54, 1.807) is 0 Å². The highest BCUT2D eigenvalue weighted by atomic mass is 16.3. The zero-order chi connectivity index (χ0) is 33.0. The van der Waals surface area contributed by atoms with Crippen molar-refractivity contribution < 1.29 is 8.83 Å². The highest BCUT2D eigenvalue weighted by molar-refractivity contribution is 6.16. The van der Waals surface area contributed by atoms with Crippen molar-refractivity contribution in [1.29, 1.82) is 0 Å². The lowest BCUT2D eigenvalue weighted by molar-refractivity contribution is 0.668. The van der Waals surface area contributed by atoms with Gasteiger partial charge in [0.05, 0.1) is 5.56 Å². The van der Waals surface area contributed by atoms with E-state index in [9.17, 15) is 0 Å². The number of fused-ring (bicyclic) bond motifs is 6. The minimum atomic E-state index is 0.533. The number of hydrogen-bond acceptors (Lipinski definition) is 5. The lowest BCUT2D eigenvalue weighted by Gasteiger charge is -2.11. The monoisotopic (exact) mass is 641 g/mol. The smallest absolute Gasteiger partial charge is 0.167 e. The van der Waals surface area contributed by atoms with Gasteiger partial charge in [-0.15, -0.1) is 0 Å². The topological polar surface area (TPSA) is 65.0 Å². The number of nitrogens with zero attached hydrogens (tertiary/aromatic N) is 3. The molecule has 3 heterocycles. The molecule has 0 N–H and O–H groups in total. The average Bonchev–Trinajstić information content (AvgIpc) is 3.77. The molecule has 0 aliphatic carbocycles. The lowest BCUT2D eigenvalue weighted by Crippen LogP contribution is -2.00.